The molecule has 0 amide bonds. The first-order chi connectivity index (χ1) is 11.2. The maximum atomic E-state index is 13.1. The number of para-hydroxylation sites is 2. The Bertz CT molecular complexity index is 852. The highest BCUT2D eigenvalue weighted by Crippen LogP contribution is 2.34. The Hall–Kier alpha value is -1.72. The Morgan fingerprint density at radius 2 is 1.71 bits per heavy atom. The van der Waals surface area contributed by atoms with Crippen molar-refractivity contribution >= 4 is 33.8 Å². The molecule has 4 nitrogen and oxygen atoms in total. The molecule has 0 aromatic heterocycles. The fourth-order valence-corrected chi connectivity index (χ4v) is 5.04. The summed E-state index contributed by atoms with van der Waals surface area (Å²) in [6, 6.07) is 13.2. The molecule has 0 unspecified atom stereocenters. The molecule has 1 aliphatic heterocycles. The maximum Gasteiger partial charge on any atom is 0.264 e. The van der Waals surface area contributed by atoms with Gasteiger partial charge in [-0.3, -0.25) is 4.31 Å². The smallest absolute Gasteiger partial charge is 0.264 e. The zero-order chi connectivity index (χ0) is 15.9. The lowest BCUT2D eigenvalue weighted by atomic mass is 9.92. The summed E-state index contributed by atoms with van der Waals surface area (Å²) in [4.78, 5) is 0.412. The van der Waals surface area contributed by atoms with Gasteiger partial charge in [0.05, 0.1) is 22.8 Å². The molecule has 2 aromatic carbocycles. The molecule has 24 heavy (non-hydrogen) atoms. The highest BCUT2D eigenvalue weighted by Gasteiger charge is 2.29. The van der Waals surface area contributed by atoms with Crippen LogP contribution in [0.25, 0.3) is 0 Å². The van der Waals surface area contributed by atoms with Gasteiger partial charge in [0.15, 0.2) is 0 Å². The molecule has 2 aliphatic rings. The summed E-state index contributed by atoms with van der Waals surface area (Å²) in [6.45, 7) is 1.08. The van der Waals surface area contributed by atoms with E-state index in [9.17, 15) is 8.42 Å². The van der Waals surface area contributed by atoms with Crippen LogP contribution in [0, 0.1) is 0 Å². The molecule has 2 aromatic rings. The third kappa shape index (κ3) is 2.87. The second kappa shape index (κ2) is 6.65. The van der Waals surface area contributed by atoms with E-state index in [-0.39, 0.29) is 12.4 Å². The van der Waals surface area contributed by atoms with Crippen LogP contribution in [0.15, 0.2) is 47.4 Å². The van der Waals surface area contributed by atoms with Crippen LogP contribution < -0.4 is 9.62 Å². The molecule has 0 bridgehead atoms. The van der Waals surface area contributed by atoms with E-state index in [1.54, 1.807) is 6.07 Å². The van der Waals surface area contributed by atoms with Crippen molar-refractivity contribution in [3.63, 3.8) is 0 Å². The lowest BCUT2D eigenvalue weighted by Gasteiger charge is -2.31. The summed E-state index contributed by atoms with van der Waals surface area (Å²) in [6.07, 6.45) is 4.39. The monoisotopic (exact) mass is 364 g/mol. The van der Waals surface area contributed by atoms with Crippen LogP contribution in [0.2, 0.25) is 0 Å². The highest BCUT2D eigenvalue weighted by molar-refractivity contribution is 7.92. The summed E-state index contributed by atoms with van der Waals surface area (Å²) >= 11 is 0. The second-order valence-electron chi connectivity index (χ2n) is 6.16. The van der Waals surface area contributed by atoms with Crippen LogP contribution in [0.4, 0.5) is 11.4 Å². The van der Waals surface area contributed by atoms with Crippen LogP contribution in [-0.4, -0.2) is 21.5 Å². The fraction of sp³-hybridized carbons (Fsp3) is 0.333. The standard InChI is InChI=1S/C18H20N2O2S.ClH/c21-23(22,16-10-9-14-5-1-2-6-15(14)13-16)20-12-11-19-17-7-3-4-8-18(17)20;/h3-4,7-10,13,19H,1-2,5-6,11-12H2;1H. The van der Waals surface area contributed by atoms with Gasteiger partial charge in [-0.1, -0.05) is 18.2 Å². The number of nitrogens with zero attached hydrogens (tertiary/aromatic N) is 1. The van der Waals surface area contributed by atoms with E-state index in [0.29, 0.717) is 18.0 Å². The normalized spacial score (nSPS) is 16.4. The van der Waals surface area contributed by atoms with Crippen molar-refractivity contribution in [2.24, 2.45) is 0 Å². The summed E-state index contributed by atoms with van der Waals surface area (Å²) in [5.41, 5.74) is 4.11. The van der Waals surface area contributed by atoms with E-state index in [1.807, 2.05) is 36.4 Å². The molecule has 1 aliphatic carbocycles. The van der Waals surface area contributed by atoms with Gasteiger partial charge < -0.3 is 5.32 Å². The van der Waals surface area contributed by atoms with E-state index >= 15 is 0 Å². The van der Waals surface area contributed by atoms with E-state index in [0.717, 1.165) is 30.6 Å². The molecule has 0 atom stereocenters. The maximum absolute atomic E-state index is 13.1. The largest absolute Gasteiger partial charge is 0.382 e. The molecule has 0 radical (unpaired) electrons. The number of benzene rings is 2. The molecule has 0 saturated heterocycles. The topological polar surface area (TPSA) is 49.4 Å². The zero-order valence-electron chi connectivity index (χ0n) is 13.4. The summed E-state index contributed by atoms with van der Waals surface area (Å²) in [7, 11) is -3.52. The van der Waals surface area contributed by atoms with Crippen molar-refractivity contribution in [2.75, 3.05) is 22.7 Å². The Morgan fingerprint density at radius 3 is 2.54 bits per heavy atom. The second-order valence-corrected chi connectivity index (χ2v) is 8.02. The zero-order valence-corrected chi connectivity index (χ0v) is 15.0. The molecule has 0 fully saturated rings. The van der Waals surface area contributed by atoms with Crippen LogP contribution in [0.3, 0.4) is 0 Å². The van der Waals surface area contributed by atoms with Crippen molar-refractivity contribution in [1.29, 1.82) is 0 Å². The van der Waals surface area contributed by atoms with E-state index in [2.05, 4.69) is 5.32 Å². The minimum Gasteiger partial charge on any atom is -0.382 e. The summed E-state index contributed by atoms with van der Waals surface area (Å²) in [5, 5.41) is 3.26. The number of halogens is 1. The minimum atomic E-state index is -3.52. The van der Waals surface area contributed by atoms with Gasteiger partial charge >= 0.3 is 0 Å². The van der Waals surface area contributed by atoms with E-state index in [1.165, 1.54) is 21.9 Å². The number of rotatable bonds is 2. The lowest BCUT2D eigenvalue weighted by molar-refractivity contribution is 0.590. The Labute approximate surface area is 149 Å². The van der Waals surface area contributed by atoms with E-state index < -0.39 is 10.0 Å². The van der Waals surface area contributed by atoms with Gasteiger partial charge in [0.25, 0.3) is 10.0 Å². The van der Waals surface area contributed by atoms with Gasteiger partial charge in [0, 0.05) is 6.54 Å². The molecule has 1 N–H and O–H groups in total. The van der Waals surface area contributed by atoms with Gasteiger partial charge in [-0.25, -0.2) is 8.42 Å². The molecular weight excluding hydrogens is 344 g/mol. The minimum absolute atomic E-state index is 0. The lowest BCUT2D eigenvalue weighted by Crippen LogP contribution is -2.38. The summed E-state index contributed by atoms with van der Waals surface area (Å²) < 4.78 is 27.8. The van der Waals surface area contributed by atoms with Crippen LogP contribution in [0.1, 0.15) is 24.0 Å². The van der Waals surface area contributed by atoms with Crippen molar-refractivity contribution in [2.45, 2.75) is 30.6 Å². The Morgan fingerprint density at radius 1 is 0.958 bits per heavy atom. The number of fused-ring (bicyclic) bond motifs is 2. The predicted octanol–water partition coefficient (Wildman–Crippen LogP) is 3.61. The van der Waals surface area contributed by atoms with Crippen molar-refractivity contribution in [3.8, 4) is 0 Å². The first-order valence-corrected chi connectivity index (χ1v) is 9.58. The number of anilines is 2. The highest BCUT2D eigenvalue weighted by atomic mass is 35.5. The molecule has 1 heterocycles. The molecular formula is C18H21ClN2O2S. The Kier molecular flexibility index (Phi) is 4.74. The first kappa shape index (κ1) is 17.1. The number of hydrogen-bond donors (Lipinski definition) is 1. The quantitative estimate of drug-likeness (QED) is 0.885. The van der Waals surface area contributed by atoms with Crippen molar-refractivity contribution in [3.05, 3.63) is 53.6 Å². The number of aryl methyl sites for hydroxylation is 2. The average molecular weight is 365 g/mol. The SMILES string of the molecule is Cl.O=S(=O)(c1ccc2c(c1)CCCC2)N1CCNc2ccccc21. The molecule has 0 spiro atoms. The van der Waals surface area contributed by atoms with Crippen LogP contribution >= 0.6 is 12.4 Å². The first-order valence-electron chi connectivity index (χ1n) is 8.14. The summed E-state index contributed by atoms with van der Waals surface area (Å²) in [5.74, 6) is 0. The molecule has 4 rings (SSSR count). The van der Waals surface area contributed by atoms with E-state index in [4.69, 9.17) is 0 Å². The van der Waals surface area contributed by atoms with Crippen molar-refractivity contribution in [1.82, 2.24) is 0 Å². The Balaban J connectivity index is 0.00000169. The fourth-order valence-electron chi connectivity index (χ4n) is 3.50. The molecule has 128 valence electrons. The number of sulfonamides is 1. The van der Waals surface area contributed by atoms with Gasteiger partial charge in [-0.05, 0) is 61.1 Å². The van der Waals surface area contributed by atoms with Gasteiger partial charge in [0.1, 0.15) is 0 Å². The van der Waals surface area contributed by atoms with Gasteiger partial charge in [-0.2, -0.15) is 0 Å². The average Bonchev–Trinajstić information content (AvgIpc) is 2.60. The van der Waals surface area contributed by atoms with Crippen LogP contribution in [-0.2, 0) is 22.9 Å². The molecule has 6 heteroatoms. The third-order valence-corrected chi connectivity index (χ3v) is 6.52. The molecule has 0 saturated carbocycles. The van der Waals surface area contributed by atoms with Gasteiger partial charge in [-0.15, -0.1) is 12.4 Å². The van der Waals surface area contributed by atoms with Gasteiger partial charge in [0.2, 0.25) is 0 Å². The number of nitrogens with one attached hydrogen (secondary N) is 1. The van der Waals surface area contributed by atoms with Crippen molar-refractivity contribution < 1.29 is 8.42 Å². The van der Waals surface area contributed by atoms with Crippen LogP contribution in [0.5, 0.6) is 0 Å². The predicted molar refractivity (Wildman–Crippen MR) is 99.8 cm³/mol. The number of hydrogen-bond acceptors (Lipinski definition) is 3. The third-order valence-electron chi connectivity index (χ3n) is 4.71.